The molecule has 2 aliphatic heterocycles. The van der Waals surface area contributed by atoms with Crippen molar-refractivity contribution in [2.45, 2.75) is 77.0 Å². The molecule has 42 heavy (non-hydrogen) atoms. The topological polar surface area (TPSA) is 111 Å². The van der Waals surface area contributed by atoms with Crippen LogP contribution in [0.2, 0.25) is 0 Å². The van der Waals surface area contributed by atoms with Gasteiger partial charge in [-0.25, -0.2) is 22.8 Å². The second-order valence-electron chi connectivity index (χ2n) is 12.4. The molecule has 0 spiro atoms. The number of aromatic nitrogens is 4. The molecular weight excluding hydrogens is 573 g/mol. The van der Waals surface area contributed by atoms with Gasteiger partial charge in [0, 0.05) is 43.3 Å². The number of nitrogens with zero attached hydrogens (tertiary/aromatic N) is 5. The summed E-state index contributed by atoms with van der Waals surface area (Å²) in [6.07, 6.45) is 3.00. The van der Waals surface area contributed by atoms with Crippen LogP contribution in [0.1, 0.15) is 62.9 Å². The zero-order valence-electron chi connectivity index (χ0n) is 24.2. The van der Waals surface area contributed by atoms with Crippen LogP contribution in [0, 0.1) is 18.3 Å². The number of aryl methyl sites for hydroxylation is 2. The summed E-state index contributed by atoms with van der Waals surface area (Å²) < 4.78 is 77.0. The van der Waals surface area contributed by atoms with Crippen LogP contribution >= 0.6 is 0 Å². The molecule has 10 nitrogen and oxygen atoms in total. The van der Waals surface area contributed by atoms with E-state index in [1.54, 1.807) is 19.3 Å². The smallest absolute Gasteiger partial charge is 0.397 e. The maximum atomic E-state index is 13.5. The van der Waals surface area contributed by atoms with Gasteiger partial charge in [0.25, 0.3) is 15.9 Å². The summed E-state index contributed by atoms with van der Waals surface area (Å²) in [6, 6.07) is 4.43. The molecule has 1 N–H and O–H groups in total. The van der Waals surface area contributed by atoms with E-state index >= 15 is 0 Å². The van der Waals surface area contributed by atoms with Gasteiger partial charge in [-0.1, -0.05) is 0 Å². The first kappa shape index (κ1) is 29.9. The van der Waals surface area contributed by atoms with E-state index in [4.69, 9.17) is 9.72 Å². The van der Waals surface area contributed by atoms with Crippen LogP contribution in [0.4, 0.5) is 19.0 Å². The molecule has 1 saturated heterocycles. The van der Waals surface area contributed by atoms with Crippen molar-refractivity contribution < 1.29 is 31.1 Å². The highest BCUT2D eigenvalue weighted by Crippen LogP contribution is 2.40. The highest BCUT2D eigenvalue weighted by atomic mass is 32.2. The highest BCUT2D eigenvalue weighted by Gasteiger charge is 2.48. The number of carbonyl (C=O) groups excluding carboxylic acids is 1. The number of fused-ring (bicyclic) bond motifs is 6. The van der Waals surface area contributed by atoms with E-state index < -0.39 is 34.1 Å². The van der Waals surface area contributed by atoms with Gasteiger partial charge in [-0.15, -0.1) is 5.10 Å². The number of anilines is 1. The van der Waals surface area contributed by atoms with Crippen LogP contribution in [0.25, 0.3) is 5.82 Å². The van der Waals surface area contributed by atoms with Gasteiger partial charge >= 0.3 is 6.18 Å². The van der Waals surface area contributed by atoms with E-state index in [2.05, 4.69) is 23.7 Å². The number of hydrogen-bond donors (Lipinski definition) is 1. The van der Waals surface area contributed by atoms with Crippen molar-refractivity contribution >= 4 is 21.7 Å². The predicted octanol–water partition coefficient (Wildman–Crippen LogP) is 4.86. The van der Waals surface area contributed by atoms with Crippen LogP contribution in [-0.2, 0) is 16.6 Å². The number of pyridine rings is 1. The number of carbonyl (C=O) groups is 1. The first-order valence-electron chi connectivity index (χ1n) is 13.7. The second-order valence-corrected chi connectivity index (χ2v) is 14.1. The second kappa shape index (κ2) is 10.3. The van der Waals surface area contributed by atoms with Gasteiger partial charge < -0.3 is 14.2 Å². The van der Waals surface area contributed by atoms with Crippen LogP contribution in [-0.4, -0.2) is 58.5 Å². The third-order valence-corrected chi connectivity index (χ3v) is 9.51. The third-order valence-electron chi connectivity index (χ3n) is 8.04. The van der Waals surface area contributed by atoms with E-state index in [9.17, 15) is 26.4 Å². The Balaban J connectivity index is 1.52. The lowest BCUT2D eigenvalue weighted by Crippen LogP contribution is -2.41. The highest BCUT2D eigenvalue weighted by molar-refractivity contribution is 7.90. The molecule has 1 atom stereocenters. The molecule has 2 aliphatic rings. The standard InChI is InChI=1S/C28H35F3N6O4S/c1-18-14-35-11-6-7-19-13-27(4,5)36(15-19)24-20(25(38)34-42(39,40)21(18)16-35)8-9-22(32-24)37-12-10-23(33-37)41-17-26(2,3)28(29,30)31/h8-10,12,14,16,19H,6-7,11,13,15,17H2,1-5H3,(H,34,38). The first-order valence-corrected chi connectivity index (χ1v) is 15.2. The maximum absolute atomic E-state index is 13.5. The summed E-state index contributed by atoms with van der Waals surface area (Å²) in [5.74, 6) is 0.0945. The molecule has 0 aromatic carbocycles. The van der Waals surface area contributed by atoms with Crippen LogP contribution in [0.3, 0.4) is 0 Å². The quantitative estimate of drug-likeness (QED) is 0.450. The molecule has 0 radical (unpaired) electrons. The molecule has 228 valence electrons. The Hall–Kier alpha value is -3.55. The fourth-order valence-corrected chi connectivity index (χ4v) is 6.77. The lowest BCUT2D eigenvalue weighted by atomic mass is 9.93. The van der Waals surface area contributed by atoms with E-state index in [0.717, 1.165) is 33.1 Å². The van der Waals surface area contributed by atoms with Gasteiger partial charge in [-0.3, -0.25) is 4.79 Å². The van der Waals surface area contributed by atoms with E-state index in [1.807, 2.05) is 9.47 Å². The zero-order valence-corrected chi connectivity index (χ0v) is 25.0. The Morgan fingerprint density at radius 3 is 2.62 bits per heavy atom. The molecule has 5 rings (SSSR count). The fourth-order valence-electron chi connectivity index (χ4n) is 5.56. The van der Waals surface area contributed by atoms with Crippen molar-refractivity contribution in [1.29, 1.82) is 0 Å². The fraction of sp³-hybridized carbons (Fsp3) is 0.536. The van der Waals surface area contributed by atoms with Crippen LogP contribution in [0.15, 0.2) is 41.7 Å². The number of nitrogens with one attached hydrogen (secondary N) is 1. The molecule has 5 heterocycles. The molecule has 3 aromatic rings. The largest absolute Gasteiger partial charge is 0.476 e. The number of ether oxygens (including phenoxy) is 1. The summed E-state index contributed by atoms with van der Waals surface area (Å²) >= 11 is 0. The van der Waals surface area contributed by atoms with Gasteiger partial charge in [-0.2, -0.15) is 13.2 Å². The number of sulfonamides is 1. The number of alkyl halides is 3. The van der Waals surface area contributed by atoms with Gasteiger partial charge in [0.2, 0.25) is 5.88 Å². The lowest BCUT2D eigenvalue weighted by Gasteiger charge is -2.34. The maximum Gasteiger partial charge on any atom is 0.397 e. The number of rotatable bonds is 4. The van der Waals surface area contributed by atoms with Crippen molar-refractivity contribution in [2.24, 2.45) is 11.3 Å². The minimum Gasteiger partial charge on any atom is -0.476 e. The van der Waals surface area contributed by atoms with Crippen LogP contribution in [0.5, 0.6) is 5.88 Å². The minimum absolute atomic E-state index is 0.0121. The van der Waals surface area contributed by atoms with E-state index in [-0.39, 0.29) is 21.9 Å². The van der Waals surface area contributed by atoms with Crippen molar-refractivity contribution in [3.05, 3.63) is 47.9 Å². The van der Waals surface area contributed by atoms with Crippen LogP contribution < -0.4 is 14.4 Å². The average molecular weight is 609 g/mol. The van der Waals surface area contributed by atoms with Crippen molar-refractivity contribution in [1.82, 2.24) is 24.1 Å². The SMILES string of the molecule is Cc1cn2cc1S(=O)(=O)NC(=O)c1ccc(-n3ccc(OCC(C)(C)C(F)(F)F)n3)nc1N1CC(CCC2)CC1(C)C. The third kappa shape index (κ3) is 5.72. The molecule has 1 amide bonds. The van der Waals surface area contributed by atoms with E-state index in [0.29, 0.717) is 36.2 Å². The zero-order chi connectivity index (χ0) is 30.7. The molecule has 0 saturated carbocycles. The van der Waals surface area contributed by atoms with Crippen molar-refractivity contribution in [2.75, 3.05) is 18.1 Å². The number of amides is 1. The summed E-state index contributed by atoms with van der Waals surface area (Å²) in [5.41, 5.74) is -1.83. The first-order chi connectivity index (χ1) is 19.5. The molecular formula is C28H35F3N6O4S. The average Bonchev–Trinajstić information content (AvgIpc) is 3.58. The number of halogens is 3. The Morgan fingerprint density at radius 1 is 1.17 bits per heavy atom. The Bertz CT molecular complexity index is 1610. The summed E-state index contributed by atoms with van der Waals surface area (Å²) in [6.45, 7) is 8.56. The molecule has 3 aromatic heterocycles. The van der Waals surface area contributed by atoms with Gasteiger partial charge in [0.05, 0.1) is 11.0 Å². The normalized spacial score (nSPS) is 20.5. The van der Waals surface area contributed by atoms with Crippen molar-refractivity contribution in [3.8, 4) is 11.7 Å². The predicted molar refractivity (Wildman–Crippen MR) is 149 cm³/mol. The molecule has 0 aliphatic carbocycles. The molecule has 1 fully saturated rings. The van der Waals surface area contributed by atoms with Gasteiger partial charge in [0.1, 0.15) is 17.3 Å². The minimum atomic E-state index is -4.45. The summed E-state index contributed by atoms with van der Waals surface area (Å²) in [7, 11) is -4.16. The van der Waals surface area contributed by atoms with Gasteiger partial charge in [0.15, 0.2) is 5.82 Å². The Kier molecular flexibility index (Phi) is 7.35. The van der Waals surface area contributed by atoms with Crippen molar-refractivity contribution in [3.63, 3.8) is 0 Å². The molecule has 1 unspecified atom stereocenters. The van der Waals surface area contributed by atoms with Gasteiger partial charge in [-0.05, 0) is 77.5 Å². The molecule has 4 bridgehead atoms. The Labute approximate surface area is 242 Å². The lowest BCUT2D eigenvalue weighted by molar-refractivity contribution is -0.219. The number of hydrogen-bond acceptors (Lipinski definition) is 7. The van der Waals surface area contributed by atoms with E-state index in [1.165, 1.54) is 29.1 Å². The Morgan fingerprint density at radius 2 is 1.90 bits per heavy atom. The monoisotopic (exact) mass is 608 g/mol. The molecule has 14 heteroatoms. The summed E-state index contributed by atoms with van der Waals surface area (Å²) in [5, 5.41) is 4.25. The summed E-state index contributed by atoms with van der Waals surface area (Å²) in [4.78, 5) is 20.3.